The summed E-state index contributed by atoms with van der Waals surface area (Å²) in [7, 11) is -1.58. The third-order valence-electron chi connectivity index (χ3n) is 5.32. The zero-order chi connectivity index (χ0) is 24.4. The van der Waals surface area contributed by atoms with Crippen LogP contribution in [0.25, 0.3) is 6.08 Å². The van der Waals surface area contributed by atoms with E-state index in [9.17, 15) is 22.8 Å². The maximum Gasteiger partial charge on any atom is 0.328 e. The molecule has 0 aliphatic carbocycles. The lowest BCUT2D eigenvalue weighted by Gasteiger charge is -2.28. The van der Waals surface area contributed by atoms with Gasteiger partial charge in [0.05, 0.1) is 18.6 Å². The van der Waals surface area contributed by atoms with Gasteiger partial charge in [-0.3, -0.25) is 9.59 Å². The van der Waals surface area contributed by atoms with Crippen molar-refractivity contribution in [2.45, 2.75) is 45.2 Å². The van der Waals surface area contributed by atoms with Gasteiger partial charge in [-0.1, -0.05) is 25.5 Å². The number of esters is 1. The smallest absolute Gasteiger partial charge is 0.328 e. The number of carbonyl (C=O) groups excluding carboxylic acids is 3. The van der Waals surface area contributed by atoms with Gasteiger partial charge < -0.3 is 19.7 Å². The highest BCUT2D eigenvalue weighted by molar-refractivity contribution is 7.91. The lowest BCUT2D eigenvalue weighted by Crippen LogP contribution is -2.45. The number of sulfone groups is 1. The van der Waals surface area contributed by atoms with Gasteiger partial charge in [-0.2, -0.15) is 0 Å². The van der Waals surface area contributed by atoms with Crippen LogP contribution < -0.4 is 10.1 Å². The monoisotopic (exact) mass is 480 g/mol. The highest BCUT2D eigenvalue weighted by Crippen LogP contribution is 2.19. The Bertz CT molecular complexity index is 958. The molecule has 10 heteroatoms. The van der Waals surface area contributed by atoms with Gasteiger partial charge >= 0.3 is 5.97 Å². The number of unbranched alkanes of at least 4 members (excludes halogenated alkanes) is 1. The summed E-state index contributed by atoms with van der Waals surface area (Å²) in [5.41, 5.74) is 0.785. The Labute approximate surface area is 195 Å². The molecule has 1 aromatic carbocycles. The molecule has 0 aromatic heterocycles. The maximum absolute atomic E-state index is 12.6. The molecule has 1 saturated heterocycles. The van der Waals surface area contributed by atoms with Crippen LogP contribution in [0.5, 0.6) is 5.75 Å². The van der Waals surface area contributed by atoms with Crippen LogP contribution in [0.15, 0.2) is 30.3 Å². The number of rotatable bonds is 11. The lowest BCUT2D eigenvalue weighted by atomic mass is 10.2. The van der Waals surface area contributed by atoms with Crippen LogP contribution in [0, 0.1) is 0 Å². The summed E-state index contributed by atoms with van der Waals surface area (Å²) in [5.74, 6) is -0.974. The predicted molar refractivity (Wildman–Crippen MR) is 124 cm³/mol. The molecular weight excluding hydrogens is 448 g/mol. The average Bonchev–Trinajstić information content (AvgIpc) is 3.15. The van der Waals surface area contributed by atoms with Crippen molar-refractivity contribution in [3.63, 3.8) is 0 Å². The first-order valence-electron chi connectivity index (χ1n) is 10.9. The van der Waals surface area contributed by atoms with Crippen molar-refractivity contribution in [1.29, 1.82) is 0 Å². The molecule has 0 radical (unpaired) electrons. The molecule has 1 fully saturated rings. The molecule has 1 aliphatic heterocycles. The Morgan fingerprint density at radius 2 is 1.94 bits per heavy atom. The van der Waals surface area contributed by atoms with Gasteiger partial charge in [-0.15, -0.1) is 0 Å². The molecule has 1 heterocycles. The first-order valence-corrected chi connectivity index (χ1v) is 12.8. The van der Waals surface area contributed by atoms with Crippen molar-refractivity contribution in [1.82, 2.24) is 10.2 Å². The minimum Gasteiger partial charge on any atom is -0.497 e. The quantitative estimate of drug-likeness (QED) is 0.377. The van der Waals surface area contributed by atoms with Gasteiger partial charge in [0.15, 0.2) is 16.4 Å². The molecular formula is C23H32N2O7S. The van der Waals surface area contributed by atoms with Crippen LogP contribution in [-0.2, 0) is 29.0 Å². The number of hydrogen-bond donors (Lipinski definition) is 1. The molecule has 0 spiro atoms. The second-order valence-corrected chi connectivity index (χ2v) is 10.2. The molecule has 33 heavy (non-hydrogen) atoms. The van der Waals surface area contributed by atoms with E-state index in [2.05, 4.69) is 5.32 Å². The van der Waals surface area contributed by atoms with Gasteiger partial charge in [0.2, 0.25) is 5.91 Å². The van der Waals surface area contributed by atoms with Gasteiger partial charge in [0, 0.05) is 18.7 Å². The first-order chi connectivity index (χ1) is 15.6. The topological polar surface area (TPSA) is 119 Å². The molecule has 2 unspecified atom stereocenters. The zero-order valence-electron chi connectivity index (χ0n) is 19.3. The lowest BCUT2D eigenvalue weighted by molar-refractivity contribution is -0.154. The van der Waals surface area contributed by atoms with Crippen molar-refractivity contribution in [3.05, 3.63) is 35.9 Å². The van der Waals surface area contributed by atoms with E-state index in [0.717, 1.165) is 18.4 Å². The fourth-order valence-corrected chi connectivity index (χ4v) is 5.14. The van der Waals surface area contributed by atoms with E-state index in [1.807, 2.05) is 6.92 Å². The Morgan fingerprint density at radius 3 is 2.52 bits per heavy atom. The van der Waals surface area contributed by atoms with E-state index < -0.39 is 46.3 Å². The molecule has 182 valence electrons. The van der Waals surface area contributed by atoms with Gasteiger partial charge in [0.1, 0.15) is 11.8 Å². The van der Waals surface area contributed by atoms with Gasteiger partial charge in [-0.25, -0.2) is 13.2 Å². The van der Waals surface area contributed by atoms with E-state index in [4.69, 9.17) is 9.47 Å². The number of benzene rings is 1. The van der Waals surface area contributed by atoms with Crippen LogP contribution >= 0.6 is 0 Å². The molecule has 1 N–H and O–H groups in total. The second-order valence-electron chi connectivity index (χ2n) is 7.94. The number of methoxy groups -OCH3 is 1. The summed E-state index contributed by atoms with van der Waals surface area (Å²) in [6.07, 6.45) is 4.85. The predicted octanol–water partition coefficient (Wildman–Crippen LogP) is 1.57. The first kappa shape index (κ1) is 26.4. The number of nitrogens with zero attached hydrogens (tertiary/aromatic N) is 1. The number of carbonyl (C=O) groups is 3. The van der Waals surface area contributed by atoms with E-state index in [1.54, 1.807) is 37.5 Å². The summed E-state index contributed by atoms with van der Waals surface area (Å²) in [5, 5.41) is 2.50. The van der Waals surface area contributed by atoms with Crippen molar-refractivity contribution in [3.8, 4) is 5.75 Å². The summed E-state index contributed by atoms with van der Waals surface area (Å²) in [4.78, 5) is 38.5. The fourth-order valence-electron chi connectivity index (χ4n) is 3.41. The normalized spacial score (nSPS) is 18.0. The second kappa shape index (κ2) is 12.4. The molecule has 9 nitrogen and oxygen atoms in total. The van der Waals surface area contributed by atoms with Crippen LogP contribution in [0.4, 0.5) is 0 Å². The standard InChI is InChI=1S/C23H32N2O7S/c1-4-5-13-25(19-12-14-33(29,30)16-19)22(27)15-32-23(28)17(2)24-21(26)11-8-18-6-9-20(31-3)10-7-18/h6-11,17,19H,4-5,12-16H2,1-3H3,(H,24,26)/b11-8+. The molecule has 2 atom stereocenters. The SMILES string of the molecule is CCCCN(C(=O)COC(=O)C(C)NC(=O)/C=C/c1ccc(OC)cc1)C1CCS(=O)(=O)C1. The number of amides is 2. The molecule has 0 bridgehead atoms. The third kappa shape index (κ3) is 8.53. The Kier molecular flexibility index (Phi) is 9.90. The van der Waals surface area contributed by atoms with Crippen molar-refractivity contribution in [2.75, 3.05) is 31.8 Å². The van der Waals surface area contributed by atoms with Crippen LogP contribution in [0.1, 0.15) is 38.7 Å². The Balaban J connectivity index is 1.84. The Hall–Kier alpha value is -2.88. The largest absolute Gasteiger partial charge is 0.497 e. The van der Waals surface area contributed by atoms with Crippen LogP contribution in [0.2, 0.25) is 0 Å². The summed E-state index contributed by atoms with van der Waals surface area (Å²) in [6.45, 7) is 3.35. The van der Waals surface area contributed by atoms with E-state index in [-0.39, 0.29) is 11.5 Å². The van der Waals surface area contributed by atoms with Crippen LogP contribution in [-0.4, -0.2) is 75.0 Å². The van der Waals surface area contributed by atoms with Gasteiger partial charge in [0.25, 0.3) is 5.91 Å². The average molecular weight is 481 g/mol. The van der Waals surface area contributed by atoms with E-state index in [1.165, 1.54) is 17.9 Å². The van der Waals surface area contributed by atoms with E-state index >= 15 is 0 Å². The molecule has 2 rings (SSSR count). The maximum atomic E-state index is 12.6. The zero-order valence-corrected chi connectivity index (χ0v) is 20.1. The van der Waals surface area contributed by atoms with Crippen molar-refractivity contribution < 1.29 is 32.3 Å². The molecule has 1 aromatic rings. The summed E-state index contributed by atoms with van der Waals surface area (Å²) >= 11 is 0. The summed E-state index contributed by atoms with van der Waals surface area (Å²) in [6, 6.07) is 5.74. The third-order valence-corrected chi connectivity index (χ3v) is 7.07. The van der Waals surface area contributed by atoms with E-state index in [0.29, 0.717) is 18.7 Å². The summed E-state index contributed by atoms with van der Waals surface area (Å²) < 4.78 is 33.8. The highest BCUT2D eigenvalue weighted by Gasteiger charge is 2.34. The minimum absolute atomic E-state index is 0.0560. The molecule has 0 saturated carbocycles. The van der Waals surface area contributed by atoms with Crippen LogP contribution in [0.3, 0.4) is 0 Å². The van der Waals surface area contributed by atoms with Gasteiger partial charge in [-0.05, 0) is 43.5 Å². The molecule has 1 aliphatic rings. The minimum atomic E-state index is -3.15. The molecule has 2 amide bonds. The number of ether oxygens (including phenoxy) is 2. The fraction of sp³-hybridized carbons (Fsp3) is 0.522. The number of hydrogen-bond acceptors (Lipinski definition) is 7. The number of nitrogens with one attached hydrogen (secondary N) is 1. The highest BCUT2D eigenvalue weighted by atomic mass is 32.2. The Morgan fingerprint density at radius 1 is 1.24 bits per heavy atom. The van der Waals surface area contributed by atoms with Crippen molar-refractivity contribution in [2.24, 2.45) is 0 Å². The van der Waals surface area contributed by atoms with Crippen molar-refractivity contribution >= 4 is 33.7 Å².